The summed E-state index contributed by atoms with van der Waals surface area (Å²) in [4.78, 5) is 17.3. The molecule has 0 unspecified atom stereocenters. The molecule has 1 aliphatic rings. The highest BCUT2D eigenvalue weighted by atomic mass is 32.1. The molecule has 3 aromatic rings. The molecule has 2 aromatic carbocycles. The average molecular weight is 408 g/mol. The maximum Gasteiger partial charge on any atom is 0.275 e. The van der Waals surface area contributed by atoms with Crippen LogP contribution >= 0.6 is 11.3 Å². The summed E-state index contributed by atoms with van der Waals surface area (Å²) >= 11 is 1.84. The third-order valence-corrected chi connectivity index (χ3v) is 6.53. The molecule has 0 aliphatic carbocycles. The van der Waals surface area contributed by atoms with Gasteiger partial charge in [-0.1, -0.05) is 66.7 Å². The van der Waals surface area contributed by atoms with Gasteiger partial charge < -0.3 is 15.1 Å². The van der Waals surface area contributed by atoms with E-state index >= 15 is 0 Å². The van der Waals surface area contributed by atoms with Gasteiger partial charge in [-0.3, -0.25) is 4.79 Å². The standard InChI is InChI=1S/C24H27N3OS/c28-23(19-27-15-13-26(14-16-27)18-22-12-7-17-29-22)25-24(20-8-3-1-4-9-20)21-10-5-2-6-11-21/h1-12,17,24H,13-16,18-19H2,(H,25,28)/p+2. The summed E-state index contributed by atoms with van der Waals surface area (Å²) in [7, 11) is 0. The zero-order valence-corrected chi connectivity index (χ0v) is 17.5. The largest absolute Gasteiger partial charge is 0.340 e. The highest BCUT2D eigenvalue weighted by Gasteiger charge is 2.26. The smallest absolute Gasteiger partial charge is 0.275 e. The van der Waals surface area contributed by atoms with E-state index in [4.69, 9.17) is 0 Å². The van der Waals surface area contributed by atoms with Crippen LogP contribution in [0.1, 0.15) is 22.0 Å². The molecule has 150 valence electrons. The van der Waals surface area contributed by atoms with Crippen LogP contribution in [-0.4, -0.2) is 38.6 Å². The summed E-state index contributed by atoms with van der Waals surface area (Å²) in [5, 5.41) is 5.43. The van der Waals surface area contributed by atoms with Crippen molar-refractivity contribution in [3.05, 3.63) is 94.2 Å². The molecular formula is C24H29N3OS+2. The molecule has 4 rings (SSSR count). The lowest BCUT2D eigenvalue weighted by Crippen LogP contribution is -3.28. The highest BCUT2D eigenvalue weighted by molar-refractivity contribution is 7.09. The minimum Gasteiger partial charge on any atom is -0.340 e. The van der Waals surface area contributed by atoms with Gasteiger partial charge in [0.05, 0.1) is 10.9 Å². The Morgan fingerprint density at radius 1 is 0.828 bits per heavy atom. The van der Waals surface area contributed by atoms with Gasteiger partial charge in [-0.15, -0.1) is 11.3 Å². The monoisotopic (exact) mass is 407 g/mol. The van der Waals surface area contributed by atoms with Crippen LogP contribution in [0.25, 0.3) is 0 Å². The first-order chi connectivity index (χ1) is 14.3. The second-order valence-corrected chi connectivity index (χ2v) is 8.79. The zero-order chi connectivity index (χ0) is 19.9. The first-order valence-corrected chi connectivity index (χ1v) is 11.2. The molecule has 4 nitrogen and oxygen atoms in total. The number of carbonyl (C=O) groups excluding carboxylic acids is 1. The van der Waals surface area contributed by atoms with Gasteiger partial charge in [0.25, 0.3) is 5.91 Å². The summed E-state index contributed by atoms with van der Waals surface area (Å²) in [6.07, 6.45) is 0. The van der Waals surface area contributed by atoms with Gasteiger partial charge in [-0.25, -0.2) is 0 Å². The maximum atomic E-state index is 12.9. The third kappa shape index (κ3) is 5.54. The van der Waals surface area contributed by atoms with Crippen molar-refractivity contribution >= 4 is 17.2 Å². The summed E-state index contributed by atoms with van der Waals surface area (Å²) in [6.45, 7) is 6.01. The van der Waals surface area contributed by atoms with Crippen molar-refractivity contribution in [2.45, 2.75) is 12.6 Å². The fraction of sp³-hybridized carbons (Fsp3) is 0.292. The lowest BCUT2D eigenvalue weighted by atomic mass is 9.99. The molecule has 0 radical (unpaired) electrons. The number of hydrogen-bond acceptors (Lipinski definition) is 2. The van der Waals surface area contributed by atoms with Gasteiger partial charge in [-0.05, 0) is 22.6 Å². The highest BCUT2D eigenvalue weighted by Crippen LogP contribution is 2.21. The number of hydrogen-bond donors (Lipinski definition) is 3. The van der Waals surface area contributed by atoms with Crippen molar-refractivity contribution < 1.29 is 14.6 Å². The molecule has 1 amide bonds. The number of thiophene rings is 1. The Balaban J connectivity index is 1.33. The van der Waals surface area contributed by atoms with Crippen LogP contribution in [0.5, 0.6) is 0 Å². The number of rotatable bonds is 7. The van der Waals surface area contributed by atoms with Crippen molar-refractivity contribution in [1.29, 1.82) is 0 Å². The summed E-state index contributed by atoms with van der Waals surface area (Å²) in [5.74, 6) is 0.124. The second-order valence-electron chi connectivity index (χ2n) is 7.75. The Hall–Kier alpha value is -2.47. The van der Waals surface area contributed by atoms with E-state index in [-0.39, 0.29) is 11.9 Å². The zero-order valence-electron chi connectivity index (χ0n) is 16.6. The molecular weight excluding hydrogens is 378 g/mol. The molecule has 0 bridgehead atoms. The van der Waals surface area contributed by atoms with Gasteiger partial charge in [0.2, 0.25) is 0 Å². The average Bonchev–Trinajstić information content (AvgIpc) is 3.28. The predicted molar refractivity (Wildman–Crippen MR) is 117 cm³/mol. The van der Waals surface area contributed by atoms with Gasteiger partial charge in [-0.2, -0.15) is 0 Å². The molecule has 1 saturated heterocycles. The summed E-state index contributed by atoms with van der Waals surface area (Å²) in [6, 6.07) is 24.7. The van der Waals surface area contributed by atoms with Gasteiger partial charge >= 0.3 is 0 Å². The van der Waals surface area contributed by atoms with Crippen LogP contribution in [0.15, 0.2) is 78.2 Å². The van der Waals surface area contributed by atoms with E-state index in [0.717, 1.165) is 43.9 Å². The van der Waals surface area contributed by atoms with E-state index in [9.17, 15) is 4.79 Å². The first kappa shape index (κ1) is 19.8. The minimum absolute atomic E-state index is 0.102. The number of quaternary nitrogens is 2. The van der Waals surface area contributed by atoms with Gasteiger partial charge in [0, 0.05) is 0 Å². The predicted octanol–water partition coefficient (Wildman–Crippen LogP) is 0.937. The molecule has 1 aromatic heterocycles. The molecule has 3 N–H and O–H groups in total. The molecule has 0 atom stereocenters. The van der Waals surface area contributed by atoms with Crippen LogP contribution in [0, 0.1) is 0 Å². The van der Waals surface area contributed by atoms with Gasteiger partial charge in [0.15, 0.2) is 6.54 Å². The van der Waals surface area contributed by atoms with Crippen LogP contribution in [0.4, 0.5) is 0 Å². The number of piperazine rings is 1. The number of amides is 1. The Labute approximate surface area is 176 Å². The molecule has 1 fully saturated rings. The van der Waals surface area contributed by atoms with E-state index < -0.39 is 0 Å². The van der Waals surface area contributed by atoms with Crippen molar-refractivity contribution in [3.8, 4) is 0 Å². The van der Waals surface area contributed by atoms with E-state index in [1.807, 2.05) is 47.7 Å². The van der Waals surface area contributed by atoms with Crippen molar-refractivity contribution in [2.24, 2.45) is 0 Å². The molecule has 0 saturated carbocycles. The molecule has 0 spiro atoms. The third-order valence-electron chi connectivity index (χ3n) is 5.65. The van der Waals surface area contributed by atoms with Crippen molar-refractivity contribution in [1.82, 2.24) is 5.32 Å². The van der Waals surface area contributed by atoms with Crippen molar-refractivity contribution in [3.63, 3.8) is 0 Å². The minimum atomic E-state index is -0.102. The summed E-state index contributed by atoms with van der Waals surface area (Å²) in [5.41, 5.74) is 2.24. The van der Waals surface area contributed by atoms with E-state index in [1.54, 1.807) is 4.90 Å². The molecule has 1 aliphatic heterocycles. The SMILES string of the molecule is O=C(C[NH+]1CC[NH+](Cc2cccs2)CC1)NC(c1ccccc1)c1ccccc1. The molecule has 2 heterocycles. The number of nitrogens with one attached hydrogen (secondary N) is 3. The number of benzene rings is 2. The van der Waals surface area contributed by atoms with Crippen LogP contribution < -0.4 is 15.1 Å². The number of carbonyl (C=O) groups is 1. The Kier molecular flexibility index (Phi) is 6.72. The lowest BCUT2D eigenvalue weighted by Gasteiger charge is -2.29. The normalized spacial score (nSPS) is 19.2. The lowest BCUT2D eigenvalue weighted by molar-refractivity contribution is -1.01. The Morgan fingerprint density at radius 3 is 1.97 bits per heavy atom. The van der Waals surface area contributed by atoms with E-state index in [1.165, 1.54) is 9.78 Å². The molecule has 29 heavy (non-hydrogen) atoms. The van der Waals surface area contributed by atoms with Crippen molar-refractivity contribution in [2.75, 3.05) is 32.7 Å². The fourth-order valence-corrected chi connectivity index (χ4v) is 4.84. The first-order valence-electron chi connectivity index (χ1n) is 10.4. The summed E-state index contributed by atoms with van der Waals surface area (Å²) < 4.78 is 0. The topological polar surface area (TPSA) is 38.0 Å². The molecule has 5 heteroatoms. The van der Waals surface area contributed by atoms with Crippen LogP contribution in [-0.2, 0) is 11.3 Å². The van der Waals surface area contributed by atoms with Crippen LogP contribution in [0.2, 0.25) is 0 Å². The van der Waals surface area contributed by atoms with E-state index in [2.05, 4.69) is 47.1 Å². The Bertz CT molecular complexity index is 836. The fourth-order valence-electron chi connectivity index (χ4n) is 4.06. The van der Waals surface area contributed by atoms with Gasteiger partial charge in [0.1, 0.15) is 32.7 Å². The van der Waals surface area contributed by atoms with Crippen LogP contribution in [0.3, 0.4) is 0 Å². The maximum absolute atomic E-state index is 12.9. The Morgan fingerprint density at radius 2 is 1.41 bits per heavy atom. The quantitative estimate of drug-likeness (QED) is 0.536. The van der Waals surface area contributed by atoms with E-state index in [0.29, 0.717) is 6.54 Å². The second kappa shape index (κ2) is 9.83.